The number of rotatable bonds is 4. The predicted molar refractivity (Wildman–Crippen MR) is 78.4 cm³/mol. The number of amides is 1. The van der Waals surface area contributed by atoms with Crippen LogP contribution in [0.4, 0.5) is 0 Å². The van der Waals surface area contributed by atoms with Gasteiger partial charge < -0.3 is 9.80 Å². The van der Waals surface area contributed by atoms with E-state index in [0.29, 0.717) is 17.4 Å². The van der Waals surface area contributed by atoms with E-state index >= 15 is 0 Å². The molecule has 104 valence electrons. The summed E-state index contributed by atoms with van der Waals surface area (Å²) in [5.74, 6) is 0.793. The van der Waals surface area contributed by atoms with Crippen LogP contribution in [0.15, 0.2) is 24.3 Å². The average Bonchev–Trinajstić information content (AvgIpc) is 2.77. The van der Waals surface area contributed by atoms with Crippen LogP contribution in [-0.4, -0.2) is 49.4 Å². The zero-order chi connectivity index (χ0) is 13.8. The first-order valence-corrected chi connectivity index (χ1v) is 7.09. The second kappa shape index (κ2) is 6.40. The number of hydrogen-bond donors (Lipinski definition) is 0. The lowest BCUT2D eigenvalue weighted by atomic mass is 10.1. The zero-order valence-electron chi connectivity index (χ0n) is 11.6. The third-order valence-corrected chi connectivity index (χ3v) is 3.97. The first-order valence-electron chi connectivity index (χ1n) is 6.71. The minimum atomic E-state index is 0.178. The summed E-state index contributed by atoms with van der Waals surface area (Å²) in [6.07, 6.45) is 1.64. The molecule has 1 heterocycles. The highest BCUT2D eigenvalue weighted by Crippen LogP contribution is 2.16. The van der Waals surface area contributed by atoms with Gasteiger partial charge in [-0.05, 0) is 43.6 Å². The van der Waals surface area contributed by atoms with Crippen LogP contribution >= 0.6 is 11.6 Å². The summed E-state index contributed by atoms with van der Waals surface area (Å²) in [7, 11) is 4.03. The number of likely N-dealkylation sites (N-methyl/N-ethyl adjacent to an activating group) is 1. The van der Waals surface area contributed by atoms with E-state index in [1.165, 1.54) is 6.42 Å². The number of carbonyl (C=O) groups excluding carboxylic acids is 1. The van der Waals surface area contributed by atoms with Crippen molar-refractivity contribution in [3.8, 4) is 0 Å². The Labute approximate surface area is 120 Å². The number of halogens is 1. The van der Waals surface area contributed by atoms with Crippen molar-refractivity contribution < 1.29 is 4.79 Å². The smallest absolute Gasteiger partial charge is 0.226 e. The van der Waals surface area contributed by atoms with Crippen molar-refractivity contribution in [1.29, 1.82) is 0 Å². The fraction of sp³-hybridized carbons (Fsp3) is 0.533. The third kappa shape index (κ3) is 4.22. The van der Waals surface area contributed by atoms with Crippen molar-refractivity contribution in [2.24, 2.45) is 5.92 Å². The molecule has 1 aromatic carbocycles. The molecule has 2 rings (SSSR count). The standard InChI is InChI=1S/C15H21ClN2O/c1-17-8-7-13(10-17)11-18(2)15(19)9-12-3-5-14(16)6-4-12/h3-6,13H,7-11H2,1-2H3/t13-/m1/s1. The average molecular weight is 281 g/mol. The number of carbonyl (C=O) groups is 1. The van der Waals surface area contributed by atoms with Crippen LogP contribution in [-0.2, 0) is 11.2 Å². The Morgan fingerprint density at radius 1 is 1.42 bits per heavy atom. The van der Waals surface area contributed by atoms with E-state index in [1.807, 2.05) is 36.2 Å². The van der Waals surface area contributed by atoms with Gasteiger partial charge in [-0.1, -0.05) is 23.7 Å². The maximum absolute atomic E-state index is 12.1. The van der Waals surface area contributed by atoms with Gasteiger partial charge in [0.1, 0.15) is 0 Å². The number of nitrogens with zero attached hydrogens (tertiary/aromatic N) is 2. The van der Waals surface area contributed by atoms with Crippen molar-refractivity contribution in [3.63, 3.8) is 0 Å². The van der Waals surface area contributed by atoms with Crippen LogP contribution in [0.5, 0.6) is 0 Å². The van der Waals surface area contributed by atoms with E-state index in [4.69, 9.17) is 11.6 Å². The molecule has 0 bridgehead atoms. The Hall–Kier alpha value is -1.06. The molecule has 0 unspecified atom stereocenters. The van der Waals surface area contributed by atoms with Gasteiger partial charge in [-0.15, -0.1) is 0 Å². The van der Waals surface area contributed by atoms with E-state index in [9.17, 15) is 4.79 Å². The Bertz CT molecular complexity index is 432. The molecular weight excluding hydrogens is 260 g/mol. The van der Waals surface area contributed by atoms with Crippen LogP contribution in [0.1, 0.15) is 12.0 Å². The highest BCUT2D eigenvalue weighted by molar-refractivity contribution is 6.30. The van der Waals surface area contributed by atoms with Gasteiger partial charge in [-0.2, -0.15) is 0 Å². The molecule has 0 N–H and O–H groups in total. The molecule has 1 aliphatic heterocycles. The third-order valence-electron chi connectivity index (χ3n) is 3.72. The Morgan fingerprint density at radius 3 is 2.68 bits per heavy atom. The largest absolute Gasteiger partial charge is 0.345 e. The quantitative estimate of drug-likeness (QED) is 0.845. The van der Waals surface area contributed by atoms with Gasteiger partial charge in [-0.3, -0.25) is 4.79 Å². The second-order valence-corrected chi connectivity index (χ2v) is 5.93. The fourth-order valence-corrected chi connectivity index (χ4v) is 2.70. The lowest BCUT2D eigenvalue weighted by Crippen LogP contribution is -2.33. The molecule has 4 heteroatoms. The monoisotopic (exact) mass is 280 g/mol. The maximum atomic E-state index is 12.1. The topological polar surface area (TPSA) is 23.6 Å². The second-order valence-electron chi connectivity index (χ2n) is 5.49. The summed E-state index contributed by atoms with van der Waals surface area (Å²) in [5.41, 5.74) is 1.02. The van der Waals surface area contributed by atoms with E-state index in [-0.39, 0.29) is 5.91 Å². The molecule has 0 radical (unpaired) electrons. The molecule has 1 aliphatic rings. The van der Waals surface area contributed by atoms with Crippen molar-refractivity contribution in [2.45, 2.75) is 12.8 Å². The molecule has 3 nitrogen and oxygen atoms in total. The number of hydrogen-bond acceptors (Lipinski definition) is 2. The lowest BCUT2D eigenvalue weighted by Gasteiger charge is -2.21. The molecule has 0 aliphatic carbocycles. The van der Waals surface area contributed by atoms with Gasteiger partial charge in [0.25, 0.3) is 0 Å². The lowest BCUT2D eigenvalue weighted by molar-refractivity contribution is -0.129. The van der Waals surface area contributed by atoms with E-state index in [2.05, 4.69) is 11.9 Å². The molecular formula is C15H21ClN2O. The molecule has 0 aromatic heterocycles. The van der Waals surface area contributed by atoms with E-state index in [1.54, 1.807) is 0 Å². The highest BCUT2D eigenvalue weighted by atomic mass is 35.5. The summed E-state index contributed by atoms with van der Waals surface area (Å²) < 4.78 is 0. The maximum Gasteiger partial charge on any atom is 0.226 e. The zero-order valence-corrected chi connectivity index (χ0v) is 12.4. The molecule has 0 spiro atoms. The highest BCUT2D eigenvalue weighted by Gasteiger charge is 2.22. The SMILES string of the molecule is CN1CC[C@@H](CN(C)C(=O)Cc2ccc(Cl)cc2)C1. The van der Waals surface area contributed by atoms with E-state index in [0.717, 1.165) is 25.2 Å². The summed E-state index contributed by atoms with van der Waals surface area (Å²) in [4.78, 5) is 16.3. The van der Waals surface area contributed by atoms with Crippen molar-refractivity contribution >= 4 is 17.5 Å². The summed E-state index contributed by atoms with van der Waals surface area (Å²) in [5, 5.41) is 0.707. The number of likely N-dealkylation sites (tertiary alicyclic amines) is 1. The van der Waals surface area contributed by atoms with Crippen molar-refractivity contribution in [1.82, 2.24) is 9.80 Å². The van der Waals surface area contributed by atoms with Gasteiger partial charge in [0.2, 0.25) is 5.91 Å². The van der Waals surface area contributed by atoms with Crippen molar-refractivity contribution in [3.05, 3.63) is 34.9 Å². The molecule has 19 heavy (non-hydrogen) atoms. The minimum Gasteiger partial charge on any atom is -0.345 e. The van der Waals surface area contributed by atoms with Crippen LogP contribution in [0.2, 0.25) is 5.02 Å². The van der Waals surface area contributed by atoms with Crippen molar-refractivity contribution in [2.75, 3.05) is 33.7 Å². The minimum absolute atomic E-state index is 0.178. The van der Waals surface area contributed by atoms with Gasteiger partial charge in [0.05, 0.1) is 6.42 Å². The predicted octanol–water partition coefficient (Wildman–Crippen LogP) is 2.29. The first kappa shape index (κ1) is 14.4. The fourth-order valence-electron chi connectivity index (χ4n) is 2.58. The van der Waals surface area contributed by atoms with Gasteiger partial charge in [0, 0.05) is 25.2 Å². The molecule has 1 fully saturated rings. The molecule has 1 atom stereocenters. The summed E-state index contributed by atoms with van der Waals surface area (Å²) in [6.45, 7) is 3.10. The van der Waals surface area contributed by atoms with E-state index < -0.39 is 0 Å². The van der Waals surface area contributed by atoms with Crippen LogP contribution in [0.25, 0.3) is 0 Å². The van der Waals surface area contributed by atoms with Gasteiger partial charge in [-0.25, -0.2) is 0 Å². The molecule has 1 aromatic rings. The number of benzene rings is 1. The van der Waals surface area contributed by atoms with Gasteiger partial charge in [0.15, 0.2) is 0 Å². The Balaban J connectivity index is 1.83. The van der Waals surface area contributed by atoms with Crippen LogP contribution in [0, 0.1) is 5.92 Å². The Morgan fingerprint density at radius 2 is 2.11 bits per heavy atom. The van der Waals surface area contributed by atoms with Crippen LogP contribution in [0.3, 0.4) is 0 Å². The molecule has 1 saturated heterocycles. The van der Waals surface area contributed by atoms with Crippen LogP contribution < -0.4 is 0 Å². The first-order chi connectivity index (χ1) is 9.04. The normalized spacial score (nSPS) is 19.6. The Kier molecular flexibility index (Phi) is 4.83. The summed E-state index contributed by atoms with van der Waals surface area (Å²) in [6, 6.07) is 7.49. The molecule has 1 amide bonds. The summed E-state index contributed by atoms with van der Waals surface area (Å²) >= 11 is 5.84. The van der Waals surface area contributed by atoms with Gasteiger partial charge >= 0.3 is 0 Å². The molecule has 0 saturated carbocycles.